The molecule has 2 aromatic rings. The summed E-state index contributed by atoms with van der Waals surface area (Å²) in [7, 11) is 3.21. The molecule has 1 aromatic heterocycles. The Morgan fingerprint density at radius 1 is 1.10 bits per heavy atom. The molecule has 0 radical (unpaired) electrons. The van der Waals surface area contributed by atoms with Crippen molar-refractivity contribution in [3.05, 3.63) is 41.9 Å². The summed E-state index contributed by atoms with van der Waals surface area (Å²) in [6, 6.07) is 9.04. The second-order valence-electron chi connectivity index (χ2n) is 7.06. The molecular weight excluding hydrogens is 513 g/mol. The van der Waals surface area contributed by atoms with Crippen LogP contribution in [0.5, 0.6) is 17.2 Å². The predicted octanol–water partition coefficient (Wildman–Crippen LogP) is 3.45. The van der Waals surface area contributed by atoms with E-state index in [-0.39, 0.29) is 30.5 Å². The smallest absolute Gasteiger partial charge is 0.191 e. The maximum Gasteiger partial charge on any atom is 0.191 e. The van der Waals surface area contributed by atoms with E-state index in [0.29, 0.717) is 48.7 Å². The molecule has 8 nitrogen and oxygen atoms in total. The van der Waals surface area contributed by atoms with Gasteiger partial charge in [0.1, 0.15) is 34.4 Å². The van der Waals surface area contributed by atoms with Crippen molar-refractivity contribution >= 4 is 29.9 Å². The zero-order chi connectivity index (χ0) is 22.0. The number of nitrogens with zero attached hydrogens (tertiary/aromatic N) is 1. The predicted molar refractivity (Wildman–Crippen MR) is 132 cm³/mol. The van der Waals surface area contributed by atoms with Gasteiger partial charge in [0.15, 0.2) is 5.96 Å². The van der Waals surface area contributed by atoms with Crippen molar-refractivity contribution in [2.24, 2.45) is 4.99 Å². The number of rotatable bonds is 11. The fraction of sp³-hybridized carbons (Fsp3) is 0.500. The number of ether oxygens (including phenoxy) is 3. The normalized spacial score (nSPS) is 13.0. The summed E-state index contributed by atoms with van der Waals surface area (Å²) >= 11 is 0. The Kier molecular flexibility index (Phi) is 11.5. The molecule has 2 rings (SSSR count). The fourth-order valence-electron chi connectivity index (χ4n) is 2.71. The average molecular weight is 547 g/mol. The second-order valence-corrected chi connectivity index (χ2v) is 7.06. The van der Waals surface area contributed by atoms with Gasteiger partial charge in [-0.3, -0.25) is 0 Å². The Labute approximate surface area is 201 Å². The lowest BCUT2D eigenvalue weighted by Crippen LogP contribution is -2.39. The van der Waals surface area contributed by atoms with Gasteiger partial charge in [0.2, 0.25) is 0 Å². The largest absolute Gasteiger partial charge is 0.496 e. The molecule has 3 N–H and O–H groups in total. The molecule has 0 fully saturated rings. The summed E-state index contributed by atoms with van der Waals surface area (Å²) in [5.41, 5.74) is -1.18. The van der Waals surface area contributed by atoms with E-state index in [9.17, 15) is 5.11 Å². The molecule has 31 heavy (non-hydrogen) atoms. The summed E-state index contributed by atoms with van der Waals surface area (Å²) in [5, 5.41) is 17.1. The minimum Gasteiger partial charge on any atom is -0.496 e. The Bertz CT molecular complexity index is 801. The Balaban J connectivity index is 0.00000480. The Morgan fingerprint density at radius 3 is 2.29 bits per heavy atom. The number of hydrogen-bond acceptors (Lipinski definition) is 6. The number of aliphatic hydroxyl groups is 1. The van der Waals surface area contributed by atoms with Crippen LogP contribution < -0.4 is 24.8 Å². The molecule has 1 unspecified atom stereocenters. The third kappa shape index (κ3) is 8.86. The van der Waals surface area contributed by atoms with Crippen molar-refractivity contribution in [3.8, 4) is 17.2 Å². The maximum atomic E-state index is 10.6. The number of nitrogens with one attached hydrogen (secondary N) is 2. The maximum absolute atomic E-state index is 10.6. The van der Waals surface area contributed by atoms with Gasteiger partial charge in [0.25, 0.3) is 0 Å². The van der Waals surface area contributed by atoms with Gasteiger partial charge in [-0.1, -0.05) is 0 Å². The molecule has 0 saturated carbocycles. The van der Waals surface area contributed by atoms with Crippen molar-refractivity contribution < 1.29 is 23.7 Å². The van der Waals surface area contributed by atoms with Crippen molar-refractivity contribution in [2.75, 3.05) is 40.5 Å². The van der Waals surface area contributed by atoms with Gasteiger partial charge in [-0.2, -0.15) is 0 Å². The van der Waals surface area contributed by atoms with Crippen molar-refractivity contribution in [2.45, 2.75) is 32.8 Å². The van der Waals surface area contributed by atoms with Crippen LogP contribution in [0.15, 0.2) is 39.7 Å². The molecule has 0 bridgehead atoms. The molecular formula is C22H34IN3O5. The number of benzene rings is 1. The lowest BCUT2D eigenvalue weighted by Gasteiger charge is -2.19. The highest BCUT2D eigenvalue weighted by Crippen LogP contribution is 2.27. The Morgan fingerprint density at radius 2 is 1.74 bits per heavy atom. The topological polar surface area (TPSA) is 97.5 Å². The van der Waals surface area contributed by atoms with Crippen LogP contribution in [0, 0.1) is 6.92 Å². The number of guanidine groups is 1. The van der Waals surface area contributed by atoms with E-state index in [1.54, 1.807) is 33.3 Å². The molecule has 0 amide bonds. The third-order valence-corrected chi connectivity index (χ3v) is 4.37. The minimum absolute atomic E-state index is 0. The molecule has 1 aromatic carbocycles. The molecule has 1 atom stereocenters. The fourth-order valence-corrected chi connectivity index (χ4v) is 2.71. The van der Waals surface area contributed by atoms with Crippen LogP contribution in [0.4, 0.5) is 0 Å². The standard InChI is InChI=1S/C22H33N3O5.HI/c1-6-23-21(25-15-22(3,26)20-9-8-16(2)30-20)24-10-7-11-29-19-13-17(27-4)12-18(14-19)28-5;/h8-9,12-14,26H,6-7,10-11,15H2,1-5H3,(H2,23,24,25);1H. The number of aryl methyl sites for hydroxylation is 1. The third-order valence-electron chi connectivity index (χ3n) is 4.37. The van der Waals surface area contributed by atoms with E-state index in [0.717, 1.165) is 12.2 Å². The van der Waals surface area contributed by atoms with Gasteiger partial charge in [0, 0.05) is 31.3 Å². The first-order valence-electron chi connectivity index (χ1n) is 10.0. The lowest BCUT2D eigenvalue weighted by molar-refractivity contribution is 0.0428. The van der Waals surface area contributed by atoms with Gasteiger partial charge in [-0.15, -0.1) is 24.0 Å². The van der Waals surface area contributed by atoms with Crippen LogP contribution in [0.3, 0.4) is 0 Å². The van der Waals surface area contributed by atoms with Crippen molar-refractivity contribution in [3.63, 3.8) is 0 Å². The van der Waals surface area contributed by atoms with Gasteiger partial charge in [0.05, 0.1) is 27.4 Å². The summed E-state index contributed by atoms with van der Waals surface area (Å²) in [5.74, 6) is 3.95. The van der Waals surface area contributed by atoms with E-state index < -0.39 is 5.60 Å². The van der Waals surface area contributed by atoms with Crippen molar-refractivity contribution in [1.82, 2.24) is 10.6 Å². The first kappa shape index (κ1) is 26.9. The molecule has 0 aliphatic rings. The van der Waals surface area contributed by atoms with Crippen LogP contribution in [-0.2, 0) is 5.60 Å². The van der Waals surface area contributed by atoms with E-state index >= 15 is 0 Å². The summed E-state index contributed by atoms with van der Waals surface area (Å²) in [6.07, 6.45) is 0.762. The quantitative estimate of drug-likeness (QED) is 0.172. The lowest BCUT2D eigenvalue weighted by atomic mass is 10.0. The van der Waals surface area contributed by atoms with Crippen LogP contribution in [-0.4, -0.2) is 51.5 Å². The average Bonchev–Trinajstić information content (AvgIpc) is 3.18. The van der Waals surface area contributed by atoms with Gasteiger partial charge < -0.3 is 34.4 Å². The van der Waals surface area contributed by atoms with E-state index in [1.807, 2.05) is 32.0 Å². The van der Waals surface area contributed by atoms with Crippen LogP contribution in [0.2, 0.25) is 0 Å². The molecule has 1 heterocycles. The number of halogens is 1. The number of furan rings is 1. The monoisotopic (exact) mass is 547 g/mol. The molecule has 0 spiro atoms. The molecule has 0 saturated heterocycles. The second kappa shape index (κ2) is 13.3. The zero-order valence-electron chi connectivity index (χ0n) is 18.9. The molecule has 9 heteroatoms. The Hall–Kier alpha value is -2.14. The SMILES string of the molecule is CCNC(=NCC(C)(O)c1ccc(C)o1)NCCCOc1cc(OC)cc(OC)c1.I. The highest BCUT2D eigenvalue weighted by Gasteiger charge is 2.26. The number of hydrogen-bond donors (Lipinski definition) is 3. The van der Waals surface area contributed by atoms with Crippen LogP contribution >= 0.6 is 24.0 Å². The van der Waals surface area contributed by atoms with Gasteiger partial charge in [-0.05, 0) is 39.3 Å². The summed E-state index contributed by atoms with van der Waals surface area (Å²) in [4.78, 5) is 4.48. The molecule has 0 aliphatic carbocycles. The highest BCUT2D eigenvalue weighted by atomic mass is 127. The van der Waals surface area contributed by atoms with Crippen LogP contribution in [0.25, 0.3) is 0 Å². The summed E-state index contributed by atoms with van der Waals surface area (Å²) in [6.45, 7) is 7.60. The van der Waals surface area contributed by atoms with Gasteiger partial charge in [-0.25, -0.2) is 4.99 Å². The first-order valence-corrected chi connectivity index (χ1v) is 10.0. The van der Waals surface area contributed by atoms with E-state index in [4.69, 9.17) is 18.6 Å². The zero-order valence-corrected chi connectivity index (χ0v) is 21.2. The van der Waals surface area contributed by atoms with Gasteiger partial charge >= 0.3 is 0 Å². The minimum atomic E-state index is -1.18. The van der Waals surface area contributed by atoms with Crippen LogP contribution in [0.1, 0.15) is 31.8 Å². The highest BCUT2D eigenvalue weighted by molar-refractivity contribution is 14.0. The number of aliphatic imine (C=N–C) groups is 1. The summed E-state index contributed by atoms with van der Waals surface area (Å²) < 4.78 is 21.8. The molecule has 0 aliphatic heterocycles. The van der Waals surface area contributed by atoms with E-state index in [2.05, 4.69) is 15.6 Å². The number of methoxy groups -OCH3 is 2. The van der Waals surface area contributed by atoms with Crippen molar-refractivity contribution in [1.29, 1.82) is 0 Å². The van der Waals surface area contributed by atoms with E-state index in [1.165, 1.54) is 0 Å². The molecule has 174 valence electrons. The first-order chi connectivity index (χ1) is 14.4.